The van der Waals surface area contributed by atoms with Gasteiger partial charge in [0.2, 0.25) is 0 Å². The number of halogens is 3. The van der Waals surface area contributed by atoms with Crippen molar-refractivity contribution in [3.8, 4) is 0 Å². The van der Waals surface area contributed by atoms with E-state index in [-0.39, 0.29) is 29.6 Å². The van der Waals surface area contributed by atoms with Crippen molar-refractivity contribution < 1.29 is 23.1 Å². The minimum Gasteiger partial charge on any atom is -0.378 e. The van der Waals surface area contributed by atoms with Gasteiger partial charge in [0.15, 0.2) is 6.10 Å². The molecule has 0 unspecified atom stereocenters. The van der Waals surface area contributed by atoms with Gasteiger partial charge < -0.3 is 15.0 Å². The zero-order chi connectivity index (χ0) is 26.4. The fraction of sp³-hybridized carbons (Fsp3) is 0.321. The van der Waals surface area contributed by atoms with E-state index in [2.05, 4.69) is 11.6 Å². The highest BCUT2D eigenvalue weighted by atomic mass is 19.4. The maximum Gasteiger partial charge on any atom is 0.416 e. The first-order chi connectivity index (χ1) is 17.6. The molecule has 2 heterocycles. The number of H-pyrrole nitrogens is 1. The number of nitrogens with one attached hydrogen (secondary N) is 1. The third kappa shape index (κ3) is 4.71. The quantitative estimate of drug-likeness (QED) is 0.530. The summed E-state index contributed by atoms with van der Waals surface area (Å²) in [7, 11) is 0. The van der Waals surface area contributed by atoms with E-state index in [9.17, 15) is 27.9 Å². The summed E-state index contributed by atoms with van der Waals surface area (Å²) in [6.07, 6.45) is -1.93. The van der Waals surface area contributed by atoms with Crippen LogP contribution in [0.4, 0.5) is 13.2 Å². The summed E-state index contributed by atoms with van der Waals surface area (Å²) in [4.78, 5) is 35.3. The monoisotopic (exact) mass is 509 g/mol. The second-order valence-electron chi connectivity index (χ2n) is 9.64. The maximum atomic E-state index is 13.2. The number of carbonyl (C=O) groups is 1. The number of aromatic amines is 1. The predicted molar refractivity (Wildman–Crippen MR) is 132 cm³/mol. The van der Waals surface area contributed by atoms with E-state index >= 15 is 0 Å². The third-order valence-corrected chi connectivity index (χ3v) is 7.25. The molecular formula is C28H26F3N3O3. The van der Waals surface area contributed by atoms with E-state index in [4.69, 9.17) is 4.98 Å². The van der Waals surface area contributed by atoms with Gasteiger partial charge in [-0.15, -0.1) is 0 Å². The molecule has 2 aliphatic rings. The van der Waals surface area contributed by atoms with Crippen LogP contribution in [0.5, 0.6) is 0 Å². The van der Waals surface area contributed by atoms with E-state index in [0.717, 1.165) is 42.2 Å². The number of aromatic nitrogens is 2. The van der Waals surface area contributed by atoms with Gasteiger partial charge in [0.05, 0.1) is 28.8 Å². The Morgan fingerprint density at radius 3 is 2.65 bits per heavy atom. The summed E-state index contributed by atoms with van der Waals surface area (Å²) in [5.74, 6) is -0.156. The lowest BCUT2D eigenvalue weighted by molar-refractivity contribution is -0.142. The molecule has 1 aliphatic carbocycles. The molecule has 5 rings (SSSR count). The number of nitrogens with zero attached hydrogens (tertiary/aromatic N) is 2. The fourth-order valence-electron chi connectivity index (χ4n) is 4.99. The lowest BCUT2D eigenvalue weighted by atomic mass is 9.93. The SMILES string of the molecule is C=Cc1cccc(C2(c3nc4c(c(=O)[nH]3)CN(C(=O)[C@H](O)c3cccc(C(F)(F)F)c3)CCC4)CC2)c1. The van der Waals surface area contributed by atoms with E-state index < -0.39 is 23.8 Å². The van der Waals surface area contributed by atoms with Crippen LogP contribution < -0.4 is 5.56 Å². The molecule has 1 atom stereocenters. The molecule has 9 heteroatoms. The average molecular weight is 510 g/mol. The molecule has 0 radical (unpaired) electrons. The number of aliphatic hydroxyl groups excluding tert-OH is 1. The molecule has 0 spiro atoms. The van der Waals surface area contributed by atoms with Crippen LogP contribution in [-0.4, -0.2) is 32.4 Å². The minimum absolute atomic E-state index is 0.0776. The summed E-state index contributed by atoms with van der Waals surface area (Å²) in [6.45, 7) is 3.99. The van der Waals surface area contributed by atoms with Crippen LogP contribution in [0, 0.1) is 0 Å². The van der Waals surface area contributed by atoms with Crippen molar-refractivity contribution in [1.82, 2.24) is 14.9 Å². The molecule has 192 valence electrons. The van der Waals surface area contributed by atoms with Gasteiger partial charge in [-0.25, -0.2) is 4.98 Å². The predicted octanol–water partition coefficient (Wildman–Crippen LogP) is 4.52. The number of fused-ring (bicyclic) bond motifs is 1. The molecule has 3 aromatic rings. The Labute approximate surface area is 211 Å². The zero-order valence-corrected chi connectivity index (χ0v) is 20.0. The number of hydrogen-bond acceptors (Lipinski definition) is 4. The number of benzene rings is 2. The molecule has 37 heavy (non-hydrogen) atoms. The van der Waals surface area contributed by atoms with Crippen molar-refractivity contribution in [3.63, 3.8) is 0 Å². The first-order valence-corrected chi connectivity index (χ1v) is 12.1. The topological polar surface area (TPSA) is 86.3 Å². The normalized spacial score (nSPS) is 17.5. The smallest absolute Gasteiger partial charge is 0.378 e. The van der Waals surface area contributed by atoms with E-state index in [1.807, 2.05) is 24.3 Å². The van der Waals surface area contributed by atoms with Crippen LogP contribution in [0.1, 0.15) is 64.7 Å². The summed E-state index contributed by atoms with van der Waals surface area (Å²) >= 11 is 0. The van der Waals surface area contributed by atoms with E-state index in [1.165, 1.54) is 11.0 Å². The van der Waals surface area contributed by atoms with Gasteiger partial charge in [0, 0.05) is 6.54 Å². The van der Waals surface area contributed by atoms with Gasteiger partial charge in [-0.3, -0.25) is 9.59 Å². The highest BCUT2D eigenvalue weighted by Gasteiger charge is 2.48. The van der Waals surface area contributed by atoms with E-state index in [0.29, 0.717) is 29.9 Å². The standard InChI is InChI=1S/C28H26F3N3O3/c1-2-17-6-3-8-19(14-17)27(11-12-27)26-32-22-10-5-13-34(16-21(22)24(36)33-26)25(37)23(35)18-7-4-9-20(15-18)28(29,30)31/h2-4,6-9,14-15,23,35H,1,5,10-13,16H2,(H,32,33,36)/t23-/m1/s1. The average Bonchev–Trinajstić information content (AvgIpc) is 3.72. The second-order valence-corrected chi connectivity index (χ2v) is 9.64. The van der Waals surface area contributed by atoms with Crippen molar-refractivity contribution in [1.29, 1.82) is 0 Å². The van der Waals surface area contributed by atoms with Crippen LogP contribution >= 0.6 is 0 Å². The van der Waals surface area contributed by atoms with Crippen LogP contribution in [0.15, 0.2) is 59.9 Å². The molecule has 1 fully saturated rings. The Bertz CT molecular complexity index is 1430. The molecule has 2 N–H and O–H groups in total. The van der Waals surface area contributed by atoms with Crippen LogP contribution in [0.25, 0.3) is 6.08 Å². The lowest BCUT2D eigenvalue weighted by Crippen LogP contribution is -2.36. The fourth-order valence-corrected chi connectivity index (χ4v) is 4.99. The lowest BCUT2D eigenvalue weighted by Gasteiger charge is -2.24. The Hall–Kier alpha value is -3.72. The number of aliphatic hydroxyl groups is 1. The van der Waals surface area contributed by atoms with Crippen molar-refractivity contribution in [2.24, 2.45) is 0 Å². The summed E-state index contributed by atoms with van der Waals surface area (Å²) in [5, 5.41) is 10.6. The Balaban J connectivity index is 1.41. The van der Waals surface area contributed by atoms with Crippen molar-refractivity contribution in [2.75, 3.05) is 6.54 Å². The van der Waals surface area contributed by atoms with Gasteiger partial charge in [0.25, 0.3) is 11.5 Å². The Kier molecular flexibility index (Phi) is 6.27. The summed E-state index contributed by atoms with van der Waals surface area (Å²) < 4.78 is 39.3. The first-order valence-electron chi connectivity index (χ1n) is 12.1. The molecule has 1 aliphatic heterocycles. The Morgan fingerprint density at radius 2 is 1.95 bits per heavy atom. The first kappa shape index (κ1) is 25.0. The maximum absolute atomic E-state index is 13.2. The molecule has 0 saturated heterocycles. The van der Waals surface area contributed by atoms with Crippen molar-refractivity contribution in [2.45, 2.75) is 49.9 Å². The van der Waals surface area contributed by atoms with E-state index in [1.54, 1.807) is 6.08 Å². The number of aryl methyl sites for hydroxylation is 1. The molecule has 1 aromatic heterocycles. The number of carbonyl (C=O) groups excluding carboxylic acids is 1. The van der Waals surface area contributed by atoms with Gasteiger partial charge >= 0.3 is 6.18 Å². The summed E-state index contributed by atoms with van der Waals surface area (Å²) in [5.41, 5.74) is 1.17. The van der Waals surface area contributed by atoms with Crippen LogP contribution in [0.2, 0.25) is 0 Å². The molecule has 6 nitrogen and oxygen atoms in total. The largest absolute Gasteiger partial charge is 0.416 e. The molecule has 2 aromatic carbocycles. The van der Waals surface area contributed by atoms with Crippen molar-refractivity contribution >= 4 is 12.0 Å². The number of hydrogen-bond donors (Lipinski definition) is 2. The highest BCUT2D eigenvalue weighted by Crippen LogP contribution is 2.52. The zero-order valence-electron chi connectivity index (χ0n) is 20.0. The number of rotatable bonds is 5. The van der Waals surface area contributed by atoms with Crippen molar-refractivity contribution in [3.05, 3.63) is 105 Å². The summed E-state index contributed by atoms with van der Waals surface area (Å²) in [6, 6.07) is 12.0. The van der Waals surface area contributed by atoms with Gasteiger partial charge in [-0.2, -0.15) is 13.2 Å². The van der Waals surface area contributed by atoms with Gasteiger partial charge in [-0.05, 0) is 54.5 Å². The third-order valence-electron chi connectivity index (χ3n) is 7.25. The van der Waals surface area contributed by atoms with Gasteiger partial charge in [-0.1, -0.05) is 49.1 Å². The molecule has 0 bridgehead atoms. The molecule has 1 saturated carbocycles. The van der Waals surface area contributed by atoms with Gasteiger partial charge in [0.1, 0.15) is 5.82 Å². The van der Waals surface area contributed by atoms with Crippen LogP contribution in [0.3, 0.4) is 0 Å². The van der Waals surface area contributed by atoms with Crippen LogP contribution in [-0.2, 0) is 29.4 Å². The molecular weight excluding hydrogens is 483 g/mol. The number of alkyl halides is 3. The minimum atomic E-state index is -4.59. The Morgan fingerprint density at radius 1 is 1.19 bits per heavy atom. The second kappa shape index (κ2) is 9.30. The molecule has 1 amide bonds. The highest BCUT2D eigenvalue weighted by molar-refractivity contribution is 5.82. The number of amides is 1.